The van der Waals surface area contributed by atoms with E-state index < -0.39 is 17.6 Å². The van der Waals surface area contributed by atoms with Gasteiger partial charge in [0.2, 0.25) is 11.8 Å². The molecule has 0 radical (unpaired) electrons. The Morgan fingerprint density at radius 1 is 0.964 bits per heavy atom. The van der Waals surface area contributed by atoms with Gasteiger partial charge in [0.25, 0.3) is 5.91 Å². The van der Waals surface area contributed by atoms with Crippen LogP contribution in [0.4, 0.5) is 18.9 Å². The first-order valence-electron chi connectivity index (χ1n) is 8.40. The maximum Gasteiger partial charge on any atom is 0.418 e. The average molecular weight is 391 g/mol. The molecule has 0 aromatic heterocycles. The number of rotatable bonds is 5. The molecule has 2 N–H and O–H groups in total. The maximum atomic E-state index is 13.0. The number of alkyl halides is 3. The molecule has 6 nitrogen and oxygen atoms in total. The molecule has 1 fully saturated rings. The molecular formula is C19H16F3N3O3. The summed E-state index contributed by atoms with van der Waals surface area (Å²) in [5, 5.41) is 0. The van der Waals surface area contributed by atoms with Gasteiger partial charge in [-0.2, -0.15) is 13.2 Å². The normalized spacial score (nSPS) is 14.3. The van der Waals surface area contributed by atoms with Crippen LogP contribution >= 0.6 is 0 Å². The van der Waals surface area contributed by atoms with Crippen molar-refractivity contribution in [2.75, 3.05) is 5.43 Å². The summed E-state index contributed by atoms with van der Waals surface area (Å²) in [7, 11) is 0. The van der Waals surface area contributed by atoms with Crippen LogP contribution in [-0.2, 0) is 22.3 Å². The van der Waals surface area contributed by atoms with Crippen molar-refractivity contribution in [2.45, 2.75) is 25.6 Å². The summed E-state index contributed by atoms with van der Waals surface area (Å²) >= 11 is 0. The molecule has 9 heteroatoms. The fourth-order valence-corrected chi connectivity index (χ4v) is 2.78. The monoisotopic (exact) mass is 391 g/mol. The molecule has 146 valence electrons. The Morgan fingerprint density at radius 2 is 1.57 bits per heavy atom. The molecule has 28 heavy (non-hydrogen) atoms. The van der Waals surface area contributed by atoms with Gasteiger partial charge in [0.1, 0.15) is 0 Å². The first-order chi connectivity index (χ1) is 13.3. The third-order valence-corrected chi connectivity index (χ3v) is 4.25. The highest BCUT2D eigenvalue weighted by atomic mass is 19.4. The second-order valence-electron chi connectivity index (χ2n) is 6.19. The zero-order valence-electron chi connectivity index (χ0n) is 14.5. The zero-order valence-corrected chi connectivity index (χ0v) is 14.5. The minimum atomic E-state index is -4.56. The quantitative estimate of drug-likeness (QED) is 0.607. The molecule has 1 aliphatic rings. The summed E-state index contributed by atoms with van der Waals surface area (Å²) in [6.07, 6.45) is -4.16. The molecule has 0 bridgehead atoms. The molecule has 3 amide bonds. The first-order valence-corrected chi connectivity index (χ1v) is 8.40. The Kier molecular flexibility index (Phi) is 5.34. The highest BCUT2D eigenvalue weighted by Gasteiger charge is 2.33. The number of nitrogens with one attached hydrogen (secondary N) is 2. The number of hydrogen-bond acceptors (Lipinski definition) is 4. The highest BCUT2D eigenvalue weighted by molar-refractivity contribution is 6.01. The van der Waals surface area contributed by atoms with E-state index in [1.165, 1.54) is 30.3 Å². The fraction of sp³-hybridized carbons (Fsp3) is 0.211. The summed E-state index contributed by atoms with van der Waals surface area (Å²) in [6.45, 7) is 0.122. The summed E-state index contributed by atoms with van der Waals surface area (Å²) in [5.41, 5.74) is 4.21. The Bertz CT molecular complexity index is 895. The number of nitrogens with zero attached hydrogens (tertiary/aromatic N) is 1. The lowest BCUT2D eigenvalue weighted by Gasteiger charge is -2.15. The number of imide groups is 1. The molecule has 0 saturated carbocycles. The summed E-state index contributed by atoms with van der Waals surface area (Å²) in [5.74, 6) is -1.10. The van der Waals surface area contributed by atoms with E-state index >= 15 is 0 Å². The Balaban J connectivity index is 1.63. The van der Waals surface area contributed by atoms with E-state index in [-0.39, 0.29) is 42.5 Å². The minimum absolute atomic E-state index is 0.122. The largest absolute Gasteiger partial charge is 0.418 e. The molecule has 2 aromatic rings. The lowest BCUT2D eigenvalue weighted by Crippen LogP contribution is -2.30. The first kappa shape index (κ1) is 19.4. The number of hydrazine groups is 1. The van der Waals surface area contributed by atoms with Gasteiger partial charge in [-0.1, -0.05) is 24.3 Å². The molecule has 3 rings (SSSR count). The number of benzene rings is 2. The van der Waals surface area contributed by atoms with Crippen LogP contribution in [0.3, 0.4) is 0 Å². The third kappa shape index (κ3) is 4.30. The van der Waals surface area contributed by atoms with Gasteiger partial charge in [-0.15, -0.1) is 0 Å². The second kappa shape index (κ2) is 7.71. The van der Waals surface area contributed by atoms with Crippen molar-refractivity contribution in [2.24, 2.45) is 0 Å². The van der Waals surface area contributed by atoms with Crippen molar-refractivity contribution < 1.29 is 27.6 Å². The number of likely N-dealkylation sites (tertiary alicyclic amines) is 1. The fourth-order valence-electron chi connectivity index (χ4n) is 2.78. The van der Waals surface area contributed by atoms with Crippen LogP contribution in [0, 0.1) is 0 Å². The van der Waals surface area contributed by atoms with Crippen LogP contribution in [0.5, 0.6) is 0 Å². The highest BCUT2D eigenvalue weighted by Crippen LogP contribution is 2.34. The Morgan fingerprint density at radius 3 is 2.18 bits per heavy atom. The van der Waals surface area contributed by atoms with Gasteiger partial charge in [-0.05, 0) is 29.8 Å². The molecule has 0 spiro atoms. The number of carbonyl (C=O) groups excluding carboxylic acids is 3. The molecular weight excluding hydrogens is 375 g/mol. The van der Waals surface area contributed by atoms with Crippen molar-refractivity contribution in [1.82, 2.24) is 10.3 Å². The number of carbonyl (C=O) groups is 3. The predicted molar refractivity (Wildman–Crippen MR) is 93.8 cm³/mol. The van der Waals surface area contributed by atoms with Crippen LogP contribution in [0.25, 0.3) is 0 Å². The second-order valence-corrected chi connectivity index (χ2v) is 6.19. The Hall–Kier alpha value is -3.36. The minimum Gasteiger partial charge on any atom is -0.298 e. The smallest absolute Gasteiger partial charge is 0.298 e. The van der Waals surface area contributed by atoms with Gasteiger partial charge in [0.15, 0.2) is 0 Å². The number of anilines is 1. The molecule has 0 atom stereocenters. The molecule has 0 unspecified atom stereocenters. The summed E-state index contributed by atoms with van der Waals surface area (Å²) in [4.78, 5) is 36.6. The van der Waals surface area contributed by atoms with Crippen molar-refractivity contribution in [3.8, 4) is 0 Å². The van der Waals surface area contributed by atoms with E-state index in [4.69, 9.17) is 0 Å². The average Bonchev–Trinajstić information content (AvgIpc) is 2.98. The van der Waals surface area contributed by atoms with E-state index in [2.05, 4.69) is 10.9 Å². The molecule has 1 saturated heterocycles. The van der Waals surface area contributed by atoms with Crippen LogP contribution in [0.2, 0.25) is 0 Å². The van der Waals surface area contributed by atoms with Gasteiger partial charge in [0.05, 0.1) is 17.8 Å². The van der Waals surface area contributed by atoms with Crippen LogP contribution in [0.1, 0.15) is 34.3 Å². The van der Waals surface area contributed by atoms with E-state index in [0.717, 1.165) is 11.0 Å². The molecule has 1 heterocycles. The topological polar surface area (TPSA) is 78.5 Å². The Labute approximate surface area is 158 Å². The number of hydrogen-bond donors (Lipinski definition) is 2. The molecule has 2 aromatic carbocycles. The summed E-state index contributed by atoms with van der Waals surface area (Å²) < 4.78 is 38.9. The van der Waals surface area contributed by atoms with Crippen molar-refractivity contribution in [1.29, 1.82) is 0 Å². The SMILES string of the molecule is O=C(NNc1ccccc1C(F)(F)F)c1ccc(CN2C(=O)CCC2=O)cc1. The van der Waals surface area contributed by atoms with E-state index in [1.54, 1.807) is 12.1 Å². The van der Waals surface area contributed by atoms with Gasteiger partial charge in [0, 0.05) is 18.4 Å². The number of halogens is 3. The van der Waals surface area contributed by atoms with E-state index in [9.17, 15) is 27.6 Å². The third-order valence-electron chi connectivity index (χ3n) is 4.25. The predicted octanol–water partition coefficient (Wildman–Crippen LogP) is 3.11. The lowest BCUT2D eigenvalue weighted by atomic mass is 10.1. The van der Waals surface area contributed by atoms with Gasteiger partial charge >= 0.3 is 6.18 Å². The van der Waals surface area contributed by atoms with Gasteiger partial charge in [-0.3, -0.25) is 30.1 Å². The molecule has 0 aliphatic carbocycles. The lowest BCUT2D eigenvalue weighted by molar-refractivity contribution is -0.139. The maximum absolute atomic E-state index is 13.0. The van der Waals surface area contributed by atoms with Crippen molar-refractivity contribution >= 4 is 23.4 Å². The zero-order chi connectivity index (χ0) is 20.3. The van der Waals surface area contributed by atoms with E-state index in [1.807, 2.05) is 0 Å². The standard InChI is InChI=1S/C19H16F3N3O3/c20-19(21,22)14-3-1-2-4-15(14)23-24-18(28)13-7-5-12(6-8-13)11-25-16(26)9-10-17(25)27/h1-8,23H,9-11H2,(H,24,28). The van der Waals surface area contributed by atoms with Crippen LogP contribution < -0.4 is 10.9 Å². The summed E-state index contributed by atoms with van der Waals surface area (Å²) in [6, 6.07) is 10.9. The molecule has 1 aliphatic heterocycles. The van der Waals surface area contributed by atoms with Crippen LogP contribution in [0.15, 0.2) is 48.5 Å². The van der Waals surface area contributed by atoms with E-state index in [0.29, 0.717) is 5.56 Å². The number of amides is 3. The van der Waals surface area contributed by atoms with Gasteiger partial charge in [-0.25, -0.2) is 0 Å². The number of para-hydroxylation sites is 1. The van der Waals surface area contributed by atoms with Gasteiger partial charge < -0.3 is 0 Å². The van der Waals surface area contributed by atoms with Crippen molar-refractivity contribution in [3.63, 3.8) is 0 Å². The van der Waals surface area contributed by atoms with Crippen LogP contribution in [-0.4, -0.2) is 22.6 Å². The van der Waals surface area contributed by atoms with Crippen molar-refractivity contribution in [3.05, 3.63) is 65.2 Å².